The van der Waals surface area contributed by atoms with Gasteiger partial charge in [0.2, 0.25) is 11.8 Å². The van der Waals surface area contributed by atoms with E-state index in [9.17, 15) is 14.7 Å². The third-order valence-electron chi connectivity index (χ3n) is 3.89. The van der Waals surface area contributed by atoms with Crippen LogP contribution < -0.4 is 0 Å². The Bertz CT molecular complexity index is 344. The van der Waals surface area contributed by atoms with Gasteiger partial charge in [0.05, 0.1) is 18.6 Å². The average molecular weight is 241 g/mol. The molecule has 96 valence electrons. The van der Waals surface area contributed by atoms with Crippen molar-refractivity contribution in [1.29, 1.82) is 0 Å². The fourth-order valence-electron chi connectivity index (χ4n) is 2.85. The molecule has 2 aliphatic rings. The highest BCUT2D eigenvalue weighted by atomic mass is 16.3. The molecule has 2 rings (SSSR count). The van der Waals surface area contributed by atoms with Crippen LogP contribution in [0.1, 0.15) is 39.0 Å². The van der Waals surface area contributed by atoms with Crippen molar-refractivity contribution in [3.05, 3.63) is 0 Å². The summed E-state index contributed by atoms with van der Waals surface area (Å²) in [7, 11) is 0. The summed E-state index contributed by atoms with van der Waals surface area (Å²) in [6.07, 6.45) is 3.80. The molecule has 1 aliphatic heterocycles. The summed E-state index contributed by atoms with van der Waals surface area (Å²) in [5, 5.41) is 18.7. The number of aliphatic hydroxyl groups excluding tert-OH is 1. The molecule has 5 nitrogen and oxygen atoms in total. The molecule has 1 saturated carbocycles. The Morgan fingerprint density at radius 1 is 1.35 bits per heavy atom. The summed E-state index contributed by atoms with van der Waals surface area (Å²) in [6.45, 7) is 0.854. The zero-order chi connectivity index (χ0) is 12.7. The van der Waals surface area contributed by atoms with Crippen molar-refractivity contribution in [3.8, 4) is 0 Å². The van der Waals surface area contributed by atoms with Gasteiger partial charge in [0.15, 0.2) is 0 Å². The van der Waals surface area contributed by atoms with Crippen LogP contribution in [0.2, 0.25) is 0 Å². The SMILES string of the molecule is CC(O)(CO)CN1C(=O)CC2(CCCC2)C1=O. The van der Waals surface area contributed by atoms with Gasteiger partial charge in [-0.3, -0.25) is 14.5 Å². The maximum Gasteiger partial charge on any atom is 0.236 e. The Balaban J connectivity index is 2.14. The molecule has 0 radical (unpaired) electrons. The normalized spacial score (nSPS) is 26.9. The van der Waals surface area contributed by atoms with Gasteiger partial charge in [-0.1, -0.05) is 12.8 Å². The van der Waals surface area contributed by atoms with Gasteiger partial charge in [-0.15, -0.1) is 0 Å². The van der Waals surface area contributed by atoms with Crippen LogP contribution in [-0.4, -0.2) is 45.7 Å². The van der Waals surface area contributed by atoms with Crippen LogP contribution in [0.25, 0.3) is 0 Å². The molecule has 2 N–H and O–H groups in total. The van der Waals surface area contributed by atoms with Gasteiger partial charge in [-0.25, -0.2) is 0 Å². The standard InChI is InChI=1S/C12H19NO4/c1-11(17,8-14)7-13-9(15)6-12(10(13)16)4-2-3-5-12/h14,17H,2-8H2,1H3. The summed E-state index contributed by atoms with van der Waals surface area (Å²) < 4.78 is 0. The fraction of sp³-hybridized carbons (Fsp3) is 0.833. The summed E-state index contributed by atoms with van der Waals surface area (Å²) in [6, 6.07) is 0. The van der Waals surface area contributed by atoms with E-state index in [0.29, 0.717) is 0 Å². The third-order valence-corrected chi connectivity index (χ3v) is 3.89. The molecule has 0 aromatic rings. The molecule has 0 aromatic heterocycles. The van der Waals surface area contributed by atoms with E-state index in [1.165, 1.54) is 6.92 Å². The third kappa shape index (κ3) is 2.09. The molecule has 1 atom stereocenters. The second kappa shape index (κ2) is 4.07. The van der Waals surface area contributed by atoms with E-state index in [1.807, 2.05) is 0 Å². The first-order valence-corrected chi connectivity index (χ1v) is 6.08. The molecule has 2 amide bonds. The van der Waals surface area contributed by atoms with Crippen LogP contribution in [-0.2, 0) is 9.59 Å². The Morgan fingerprint density at radius 2 is 1.94 bits per heavy atom. The van der Waals surface area contributed by atoms with Crippen LogP contribution in [0, 0.1) is 5.41 Å². The highest BCUT2D eigenvalue weighted by Gasteiger charge is 2.53. The molecule has 1 heterocycles. The first-order chi connectivity index (χ1) is 7.90. The second-order valence-corrected chi connectivity index (χ2v) is 5.60. The lowest BCUT2D eigenvalue weighted by Gasteiger charge is -2.27. The van der Waals surface area contributed by atoms with Crippen LogP contribution in [0.3, 0.4) is 0 Å². The summed E-state index contributed by atoms with van der Waals surface area (Å²) >= 11 is 0. The topological polar surface area (TPSA) is 77.8 Å². The first kappa shape index (κ1) is 12.5. The van der Waals surface area contributed by atoms with Gasteiger partial charge in [0.1, 0.15) is 5.60 Å². The lowest BCUT2D eigenvalue weighted by Crippen LogP contribution is -2.47. The minimum absolute atomic E-state index is 0.108. The van der Waals surface area contributed by atoms with E-state index >= 15 is 0 Å². The Labute approximate surface area is 100 Å². The Kier molecular flexibility index (Phi) is 2.99. The fourth-order valence-corrected chi connectivity index (χ4v) is 2.85. The number of carbonyl (C=O) groups excluding carboxylic acids is 2. The Morgan fingerprint density at radius 3 is 2.47 bits per heavy atom. The van der Waals surface area contributed by atoms with Crippen molar-refractivity contribution < 1.29 is 19.8 Å². The monoisotopic (exact) mass is 241 g/mol. The zero-order valence-electron chi connectivity index (χ0n) is 10.1. The smallest absolute Gasteiger partial charge is 0.236 e. The number of amides is 2. The van der Waals surface area contributed by atoms with E-state index in [2.05, 4.69) is 0 Å². The van der Waals surface area contributed by atoms with Gasteiger partial charge in [0.25, 0.3) is 0 Å². The summed E-state index contributed by atoms with van der Waals surface area (Å²) in [4.78, 5) is 25.2. The largest absolute Gasteiger partial charge is 0.393 e. The number of aliphatic hydroxyl groups is 2. The molecular formula is C12H19NO4. The minimum atomic E-state index is -1.41. The maximum atomic E-state index is 12.2. The van der Waals surface area contributed by atoms with E-state index in [0.717, 1.165) is 30.6 Å². The van der Waals surface area contributed by atoms with Crippen molar-refractivity contribution in [2.75, 3.05) is 13.2 Å². The molecule has 0 aromatic carbocycles. The zero-order valence-corrected chi connectivity index (χ0v) is 10.1. The second-order valence-electron chi connectivity index (χ2n) is 5.60. The van der Waals surface area contributed by atoms with E-state index in [1.54, 1.807) is 0 Å². The molecular weight excluding hydrogens is 222 g/mol. The van der Waals surface area contributed by atoms with Crippen LogP contribution >= 0.6 is 0 Å². The maximum absolute atomic E-state index is 12.2. The van der Waals surface area contributed by atoms with Crippen LogP contribution in [0.5, 0.6) is 0 Å². The van der Waals surface area contributed by atoms with Crippen LogP contribution in [0.4, 0.5) is 0 Å². The van der Waals surface area contributed by atoms with Gasteiger partial charge < -0.3 is 10.2 Å². The predicted octanol–water partition coefficient (Wildman–Crippen LogP) is 0.0490. The summed E-state index contributed by atoms with van der Waals surface area (Å²) in [5.74, 6) is -0.376. The van der Waals surface area contributed by atoms with Crippen LogP contribution in [0.15, 0.2) is 0 Å². The first-order valence-electron chi connectivity index (χ1n) is 6.08. The highest BCUT2D eigenvalue weighted by molar-refractivity contribution is 6.06. The molecule has 1 spiro atoms. The minimum Gasteiger partial charge on any atom is -0.393 e. The number of likely N-dealkylation sites (tertiary alicyclic amines) is 1. The molecule has 1 unspecified atom stereocenters. The molecule has 2 fully saturated rings. The van der Waals surface area contributed by atoms with Crippen molar-refractivity contribution in [1.82, 2.24) is 4.90 Å². The Hall–Kier alpha value is -0.940. The number of hydrogen-bond donors (Lipinski definition) is 2. The quantitative estimate of drug-likeness (QED) is 0.684. The van der Waals surface area contributed by atoms with Crippen molar-refractivity contribution >= 4 is 11.8 Å². The summed E-state index contributed by atoms with van der Waals surface area (Å²) in [5.41, 5.74) is -1.90. The number of rotatable bonds is 3. The van der Waals surface area contributed by atoms with Gasteiger partial charge >= 0.3 is 0 Å². The highest BCUT2D eigenvalue weighted by Crippen LogP contribution is 2.46. The average Bonchev–Trinajstić information content (AvgIpc) is 2.81. The van der Waals surface area contributed by atoms with E-state index in [-0.39, 0.29) is 24.8 Å². The molecule has 0 bridgehead atoms. The predicted molar refractivity (Wildman–Crippen MR) is 59.9 cm³/mol. The molecule has 1 saturated heterocycles. The number of nitrogens with zero attached hydrogens (tertiary/aromatic N) is 1. The van der Waals surface area contributed by atoms with Gasteiger partial charge in [-0.2, -0.15) is 0 Å². The lowest BCUT2D eigenvalue weighted by molar-refractivity contribution is -0.146. The number of imide groups is 1. The molecule has 5 heteroatoms. The molecule has 17 heavy (non-hydrogen) atoms. The van der Waals surface area contributed by atoms with Gasteiger partial charge in [-0.05, 0) is 19.8 Å². The molecule has 1 aliphatic carbocycles. The number of carbonyl (C=O) groups is 2. The van der Waals surface area contributed by atoms with Crippen molar-refractivity contribution in [3.63, 3.8) is 0 Å². The number of β-amino-alcohol motifs (C(OH)–C–C–N with tert-alkyl or cyclic N) is 1. The van der Waals surface area contributed by atoms with Crippen molar-refractivity contribution in [2.24, 2.45) is 5.41 Å². The van der Waals surface area contributed by atoms with Gasteiger partial charge in [0, 0.05) is 6.42 Å². The van der Waals surface area contributed by atoms with Crippen molar-refractivity contribution in [2.45, 2.75) is 44.6 Å². The number of hydrogen-bond acceptors (Lipinski definition) is 4. The van der Waals surface area contributed by atoms with E-state index in [4.69, 9.17) is 5.11 Å². The lowest BCUT2D eigenvalue weighted by atomic mass is 9.84. The van der Waals surface area contributed by atoms with E-state index < -0.39 is 17.6 Å².